The van der Waals surface area contributed by atoms with Crippen LogP contribution in [0.2, 0.25) is 0 Å². The van der Waals surface area contributed by atoms with Crippen LogP contribution in [0, 0.1) is 0 Å². The highest BCUT2D eigenvalue weighted by molar-refractivity contribution is 5.82. The molecule has 184 valence electrons. The van der Waals surface area contributed by atoms with Gasteiger partial charge in [-0.15, -0.1) is 0 Å². The topological polar surface area (TPSA) is 54.0 Å². The molecule has 2 aromatic heterocycles. The van der Waals surface area contributed by atoms with Crippen molar-refractivity contribution < 1.29 is 4.74 Å². The van der Waals surface area contributed by atoms with Crippen molar-refractivity contribution in [3.8, 4) is 0 Å². The van der Waals surface area contributed by atoms with Crippen molar-refractivity contribution in [1.82, 2.24) is 15.0 Å². The minimum absolute atomic E-state index is 0.443. The molecule has 0 radical (unpaired) electrons. The molecule has 1 N–H and O–H groups in total. The highest BCUT2D eigenvalue weighted by Crippen LogP contribution is 2.27. The summed E-state index contributed by atoms with van der Waals surface area (Å²) in [4.78, 5) is 15.3. The number of unbranched alkanes of at least 4 members (excludes halogenated alkanes) is 1. The molecule has 1 saturated heterocycles. The average Bonchev–Trinajstić information content (AvgIpc) is 3.59. The summed E-state index contributed by atoms with van der Waals surface area (Å²) < 4.78 is 5.42. The van der Waals surface area contributed by atoms with E-state index in [0.717, 1.165) is 56.9 Å². The monoisotopic (exact) mass is 470 g/mol. The van der Waals surface area contributed by atoms with Crippen LogP contribution in [0.1, 0.15) is 62.5 Å². The van der Waals surface area contributed by atoms with Crippen LogP contribution in [0.5, 0.6) is 0 Å². The Balaban J connectivity index is 1.40. The second-order valence-corrected chi connectivity index (χ2v) is 9.18. The summed E-state index contributed by atoms with van der Waals surface area (Å²) in [7, 11) is 1.78. The predicted molar refractivity (Wildman–Crippen MR) is 145 cm³/mol. The number of anilines is 1. The second-order valence-electron chi connectivity index (χ2n) is 9.18. The number of benzene rings is 1. The fourth-order valence-corrected chi connectivity index (χ4v) is 4.89. The first-order valence-corrected chi connectivity index (χ1v) is 13.0. The van der Waals surface area contributed by atoms with E-state index in [1.54, 1.807) is 7.11 Å². The molecule has 1 aliphatic heterocycles. The number of methoxy groups -OCH3 is 1. The summed E-state index contributed by atoms with van der Waals surface area (Å²) in [6.45, 7) is 4.02. The molecule has 1 fully saturated rings. The summed E-state index contributed by atoms with van der Waals surface area (Å²) in [6, 6.07) is 17.5. The van der Waals surface area contributed by atoms with Crippen molar-refractivity contribution in [3.63, 3.8) is 0 Å². The normalized spacial score (nSPS) is 16.7. The number of nitrogens with one attached hydrogen (secondary N) is 1. The van der Waals surface area contributed by atoms with Crippen LogP contribution in [0.4, 0.5) is 5.82 Å². The van der Waals surface area contributed by atoms with Gasteiger partial charge in [-0.2, -0.15) is 0 Å². The van der Waals surface area contributed by atoms with Crippen molar-refractivity contribution in [2.24, 2.45) is 0 Å². The van der Waals surface area contributed by atoms with Crippen LogP contribution in [-0.2, 0) is 11.2 Å². The lowest BCUT2D eigenvalue weighted by Crippen LogP contribution is -2.33. The van der Waals surface area contributed by atoms with Crippen LogP contribution in [-0.4, -0.2) is 41.3 Å². The molecule has 0 saturated carbocycles. The Morgan fingerprint density at radius 3 is 2.80 bits per heavy atom. The maximum absolute atomic E-state index is 5.42. The van der Waals surface area contributed by atoms with E-state index in [9.17, 15) is 0 Å². The molecule has 1 aromatic carbocycles. The van der Waals surface area contributed by atoms with E-state index in [1.807, 2.05) is 12.4 Å². The molecule has 5 heteroatoms. The van der Waals surface area contributed by atoms with E-state index in [4.69, 9.17) is 9.72 Å². The zero-order valence-electron chi connectivity index (χ0n) is 21.1. The van der Waals surface area contributed by atoms with E-state index in [1.165, 1.54) is 35.2 Å². The van der Waals surface area contributed by atoms with Crippen molar-refractivity contribution in [1.29, 1.82) is 0 Å². The van der Waals surface area contributed by atoms with E-state index in [0.29, 0.717) is 6.04 Å². The highest BCUT2D eigenvalue weighted by atomic mass is 16.5. The molecule has 1 aliphatic rings. The number of H-pyrrole nitrogens is 1. The van der Waals surface area contributed by atoms with Gasteiger partial charge in [0.1, 0.15) is 11.6 Å². The minimum atomic E-state index is 0.443. The summed E-state index contributed by atoms with van der Waals surface area (Å²) in [5, 5.41) is 0. The number of aromatic amines is 1. The third-order valence-electron chi connectivity index (χ3n) is 6.61. The van der Waals surface area contributed by atoms with E-state index in [2.05, 4.69) is 82.5 Å². The first-order valence-electron chi connectivity index (χ1n) is 13.0. The van der Waals surface area contributed by atoms with Crippen LogP contribution in [0.3, 0.4) is 0 Å². The lowest BCUT2D eigenvalue weighted by molar-refractivity contribution is 0.180. The van der Waals surface area contributed by atoms with Crippen LogP contribution < -0.4 is 4.90 Å². The molecule has 1 atom stereocenters. The van der Waals surface area contributed by atoms with Crippen LogP contribution in [0.15, 0.2) is 73.1 Å². The quantitative estimate of drug-likeness (QED) is 0.236. The SMILES string of the molecule is CCC=C(/C=C(/CCCCc1cccc(N2CCCC2COC)n1)c1ncc[nH]1)c1ccccc1. The van der Waals surface area contributed by atoms with Gasteiger partial charge in [-0.25, -0.2) is 9.97 Å². The molecule has 0 spiro atoms. The molecular weight excluding hydrogens is 432 g/mol. The Morgan fingerprint density at radius 2 is 2.03 bits per heavy atom. The van der Waals surface area contributed by atoms with E-state index >= 15 is 0 Å². The van der Waals surface area contributed by atoms with Gasteiger partial charge in [0.05, 0.1) is 12.6 Å². The largest absolute Gasteiger partial charge is 0.383 e. The molecule has 0 aliphatic carbocycles. The number of hydrogen-bond acceptors (Lipinski definition) is 4. The third kappa shape index (κ3) is 6.92. The van der Waals surface area contributed by atoms with Gasteiger partial charge in [0.2, 0.25) is 0 Å². The summed E-state index contributed by atoms with van der Waals surface area (Å²) >= 11 is 0. The van der Waals surface area contributed by atoms with Gasteiger partial charge < -0.3 is 14.6 Å². The number of allylic oxidation sites excluding steroid dienone is 4. The number of aromatic nitrogens is 3. The summed E-state index contributed by atoms with van der Waals surface area (Å²) in [5.41, 5.74) is 4.92. The third-order valence-corrected chi connectivity index (χ3v) is 6.61. The maximum Gasteiger partial charge on any atom is 0.133 e. The number of ether oxygens (including phenoxy) is 1. The number of pyridine rings is 1. The first kappa shape index (κ1) is 24.9. The fraction of sp³-hybridized carbons (Fsp3) is 0.400. The Kier molecular flexibility index (Phi) is 9.30. The first-order chi connectivity index (χ1) is 17.3. The predicted octanol–water partition coefficient (Wildman–Crippen LogP) is 6.71. The minimum Gasteiger partial charge on any atom is -0.383 e. The standard InChI is InChI=1S/C30H38N4O/c1-3-11-25(24-12-5-4-6-13-24)22-26(30-31-19-20-32-30)14-7-8-15-27-16-9-18-29(33-27)34-21-10-17-28(34)23-35-2/h4-6,9,11-13,16,18-20,22,28H,3,7-8,10,14-15,17,21,23H2,1-2H3,(H,31,32)/b25-11?,26-22-. The molecule has 0 bridgehead atoms. The van der Waals surface area contributed by atoms with Gasteiger partial charge in [0.25, 0.3) is 0 Å². The number of imidazole rings is 1. The number of rotatable bonds is 12. The zero-order valence-corrected chi connectivity index (χ0v) is 21.1. The van der Waals surface area contributed by atoms with Gasteiger partial charge in [0, 0.05) is 31.7 Å². The lowest BCUT2D eigenvalue weighted by atomic mass is 9.98. The number of aryl methyl sites for hydroxylation is 1. The van der Waals surface area contributed by atoms with Crippen LogP contribution >= 0.6 is 0 Å². The molecule has 4 rings (SSSR count). The number of hydrogen-bond donors (Lipinski definition) is 1. The smallest absolute Gasteiger partial charge is 0.133 e. The molecular formula is C30H38N4O. The Bertz CT molecular complexity index is 1090. The molecule has 3 heterocycles. The van der Waals surface area contributed by atoms with Crippen molar-refractivity contribution in [2.75, 3.05) is 25.2 Å². The molecule has 0 amide bonds. The maximum atomic E-state index is 5.42. The van der Waals surface area contributed by atoms with Crippen LogP contribution in [0.25, 0.3) is 11.1 Å². The zero-order chi connectivity index (χ0) is 24.3. The average molecular weight is 471 g/mol. The molecule has 35 heavy (non-hydrogen) atoms. The Hall–Kier alpha value is -3.18. The Labute approximate surface area is 210 Å². The molecule has 3 aromatic rings. The van der Waals surface area contributed by atoms with Gasteiger partial charge in [-0.05, 0) is 79.9 Å². The van der Waals surface area contributed by atoms with E-state index in [-0.39, 0.29) is 0 Å². The number of nitrogens with zero attached hydrogens (tertiary/aromatic N) is 3. The van der Waals surface area contributed by atoms with Crippen molar-refractivity contribution in [3.05, 3.63) is 90.2 Å². The van der Waals surface area contributed by atoms with Gasteiger partial charge in [-0.1, -0.05) is 49.4 Å². The second kappa shape index (κ2) is 13.1. The molecule has 5 nitrogen and oxygen atoms in total. The Morgan fingerprint density at radius 1 is 1.14 bits per heavy atom. The summed E-state index contributed by atoms with van der Waals surface area (Å²) in [5.74, 6) is 2.05. The van der Waals surface area contributed by atoms with Gasteiger partial charge >= 0.3 is 0 Å². The lowest BCUT2D eigenvalue weighted by Gasteiger charge is -2.25. The van der Waals surface area contributed by atoms with Crippen molar-refractivity contribution >= 4 is 17.0 Å². The molecule has 1 unspecified atom stereocenters. The fourth-order valence-electron chi connectivity index (χ4n) is 4.89. The highest BCUT2D eigenvalue weighted by Gasteiger charge is 2.25. The van der Waals surface area contributed by atoms with E-state index < -0.39 is 0 Å². The van der Waals surface area contributed by atoms with Gasteiger partial charge in [0.15, 0.2) is 0 Å². The summed E-state index contributed by atoms with van der Waals surface area (Å²) in [6.07, 6.45) is 15.9. The van der Waals surface area contributed by atoms with Gasteiger partial charge in [-0.3, -0.25) is 0 Å². The van der Waals surface area contributed by atoms with Crippen molar-refractivity contribution in [2.45, 2.75) is 57.9 Å².